The van der Waals surface area contributed by atoms with Gasteiger partial charge in [-0.05, 0) is 40.2 Å². The fraction of sp³-hybridized carbons (Fsp3) is 0.0769. The van der Waals surface area contributed by atoms with Gasteiger partial charge < -0.3 is 5.32 Å². The van der Waals surface area contributed by atoms with Crippen molar-refractivity contribution in [2.45, 2.75) is 6.54 Å². The van der Waals surface area contributed by atoms with Gasteiger partial charge in [-0.15, -0.1) is 0 Å². The van der Waals surface area contributed by atoms with E-state index in [2.05, 4.69) is 37.2 Å². The molecule has 0 radical (unpaired) electrons. The highest BCUT2D eigenvalue weighted by molar-refractivity contribution is 9.11. The van der Waals surface area contributed by atoms with Crippen LogP contribution in [0.5, 0.6) is 0 Å². The third kappa shape index (κ3) is 3.09. The van der Waals surface area contributed by atoms with Gasteiger partial charge in [0.05, 0.1) is 0 Å². The van der Waals surface area contributed by atoms with Crippen molar-refractivity contribution in [3.8, 4) is 0 Å². The van der Waals surface area contributed by atoms with Gasteiger partial charge in [0.2, 0.25) is 0 Å². The molecule has 94 valence electrons. The second-order valence-corrected chi connectivity index (χ2v) is 5.46. The number of anilines is 1. The molecule has 0 aliphatic rings. The average Bonchev–Trinajstić information content (AvgIpc) is 2.33. The summed E-state index contributed by atoms with van der Waals surface area (Å²) in [6.07, 6.45) is 0. The first-order valence-electron chi connectivity index (χ1n) is 5.20. The Morgan fingerprint density at radius 1 is 1.06 bits per heavy atom. The van der Waals surface area contributed by atoms with Crippen LogP contribution < -0.4 is 5.32 Å². The standard InChI is InChI=1S/C13H9Br2F2N/c14-9-4-5-12(10(15)6-9)18-7-8-2-1-3-11(16)13(8)17/h1-6,18H,7H2. The zero-order chi connectivity index (χ0) is 13.1. The van der Waals surface area contributed by atoms with Crippen LogP contribution in [0.1, 0.15) is 5.56 Å². The second-order valence-electron chi connectivity index (χ2n) is 3.69. The summed E-state index contributed by atoms with van der Waals surface area (Å²) in [7, 11) is 0. The van der Waals surface area contributed by atoms with Crippen molar-refractivity contribution in [3.05, 3.63) is 62.5 Å². The van der Waals surface area contributed by atoms with E-state index < -0.39 is 11.6 Å². The highest BCUT2D eigenvalue weighted by atomic mass is 79.9. The summed E-state index contributed by atoms with van der Waals surface area (Å²) < 4.78 is 28.3. The van der Waals surface area contributed by atoms with Crippen LogP contribution in [0, 0.1) is 11.6 Å². The van der Waals surface area contributed by atoms with Gasteiger partial charge in [-0.1, -0.05) is 28.1 Å². The molecule has 0 saturated carbocycles. The van der Waals surface area contributed by atoms with Gasteiger partial charge in [-0.2, -0.15) is 0 Å². The third-order valence-electron chi connectivity index (χ3n) is 2.43. The van der Waals surface area contributed by atoms with Crippen LogP contribution in [0.4, 0.5) is 14.5 Å². The lowest BCUT2D eigenvalue weighted by Gasteiger charge is -2.10. The van der Waals surface area contributed by atoms with E-state index in [1.165, 1.54) is 6.07 Å². The Bertz CT molecular complexity index is 573. The zero-order valence-electron chi connectivity index (χ0n) is 9.18. The molecule has 2 rings (SSSR count). The van der Waals surface area contributed by atoms with E-state index in [1.807, 2.05) is 18.2 Å². The molecule has 0 aliphatic carbocycles. The maximum atomic E-state index is 13.4. The number of rotatable bonds is 3. The van der Waals surface area contributed by atoms with Crippen molar-refractivity contribution in [2.24, 2.45) is 0 Å². The Kier molecular flexibility index (Phi) is 4.35. The summed E-state index contributed by atoms with van der Waals surface area (Å²) in [4.78, 5) is 0. The molecule has 5 heteroatoms. The first-order valence-corrected chi connectivity index (χ1v) is 6.78. The Hall–Kier alpha value is -0.940. The summed E-state index contributed by atoms with van der Waals surface area (Å²) in [6.45, 7) is 0.226. The van der Waals surface area contributed by atoms with E-state index in [0.29, 0.717) is 5.56 Å². The zero-order valence-corrected chi connectivity index (χ0v) is 12.4. The van der Waals surface area contributed by atoms with E-state index in [1.54, 1.807) is 6.07 Å². The molecule has 0 aromatic heterocycles. The Morgan fingerprint density at radius 3 is 2.56 bits per heavy atom. The van der Waals surface area contributed by atoms with E-state index in [0.717, 1.165) is 20.7 Å². The third-order valence-corrected chi connectivity index (χ3v) is 3.58. The van der Waals surface area contributed by atoms with Crippen LogP contribution in [0.25, 0.3) is 0 Å². The van der Waals surface area contributed by atoms with Crippen LogP contribution in [-0.4, -0.2) is 0 Å². The van der Waals surface area contributed by atoms with E-state index in [4.69, 9.17) is 0 Å². The normalized spacial score (nSPS) is 10.4. The molecule has 0 unspecified atom stereocenters. The second kappa shape index (κ2) is 5.80. The maximum absolute atomic E-state index is 13.4. The van der Waals surface area contributed by atoms with Gasteiger partial charge in [0.15, 0.2) is 11.6 Å². The van der Waals surface area contributed by atoms with Crippen LogP contribution in [0.3, 0.4) is 0 Å². The molecule has 0 atom stereocenters. The summed E-state index contributed by atoms with van der Waals surface area (Å²) in [5.74, 6) is -1.64. The van der Waals surface area contributed by atoms with Gasteiger partial charge in [0.25, 0.3) is 0 Å². The van der Waals surface area contributed by atoms with Crippen molar-refractivity contribution in [2.75, 3.05) is 5.32 Å². The first kappa shape index (κ1) is 13.5. The summed E-state index contributed by atoms with van der Waals surface area (Å²) >= 11 is 6.74. The Morgan fingerprint density at radius 2 is 1.83 bits per heavy atom. The highest BCUT2D eigenvalue weighted by Gasteiger charge is 2.07. The summed E-state index contributed by atoms with van der Waals surface area (Å²) in [6, 6.07) is 9.75. The van der Waals surface area contributed by atoms with Crippen molar-refractivity contribution in [1.29, 1.82) is 0 Å². The molecule has 0 aliphatic heterocycles. The SMILES string of the molecule is Fc1cccc(CNc2ccc(Br)cc2Br)c1F. The molecule has 0 heterocycles. The number of benzene rings is 2. The number of hydrogen-bond donors (Lipinski definition) is 1. The van der Waals surface area contributed by atoms with E-state index >= 15 is 0 Å². The van der Waals surface area contributed by atoms with Crippen molar-refractivity contribution in [1.82, 2.24) is 0 Å². The average molecular weight is 377 g/mol. The summed E-state index contributed by atoms with van der Waals surface area (Å²) in [5.41, 5.74) is 1.12. The molecule has 0 bridgehead atoms. The molecule has 2 aromatic rings. The molecule has 0 fully saturated rings. The fourth-order valence-corrected chi connectivity index (χ4v) is 2.70. The molecule has 0 saturated heterocycles. The first-order chi connectivity index (χ1) is 8.58. The maximum Gasteiger partial charge on any atom is 0.163 e. The molecule has 1 nitrogen and oxygen atoms in total. The van der Waals surface area contributed by atoms with E-state index in [9.17, 15) is 8.78 Å². The van der Waals surface area contributed by atoms with Crippen molar-refractivity contribution >= 4 is 37.5 Å². The molecule has 1 N–H and O–H groups in total. The van der Waals surface area contributed by atoms with Crippen LogP contribution in [0.2, 0.25) is 0 Å². The predicted octanol–water partition coefficient (Wildman–Crippen LogP) is 5.10. The molecular weight excluding hydrogens is 368 g/mol. The highest BCUT2D eigenvalue weighted by Crippen LogP contribution is 2.26. The lowest BCUT2D eigenvalue weighted by atomic mass is 10.2. The smallest absolute Gasteiger partial charge is 0.163 e. The largest absolute Gasteiger partial charge is 0.380 e. The molecule has 0 amide bonds. The van der Waals surface area contributed by atoms with Gasteiger partial charge >= 0.3 is 0 Å². The summed E-state index contributed by atoms with van der Waals surface area (Å²) in [5, 5.41) is 3.05. The van der Waals surface area contributed by atoms with Crippen molar-refractivity contribution in [3.63, 3.8) is 0 Å². The topological polar surface area (TPSA) is 12.0 Å². The Balaban J connectivity index is 2.14. The van der Waals surface area contributed by atoms with Gasteiger partial charge in [-0.3, -0.25) is 0 Å². The van der Waals surface area contributed by atoms with Gasteiger partial charge in [0, 0.05) is 26.7 Å². The van der Waals surface area contributed by atoms with Gasteiger partial charge in [0.1, 0.15) is 0 Å². The van der Waals surface area contributed by atoms with Crippen LogP contribution in [0.15, 0.2) is 45.3 Å². The van der Waals surface area contributed by atoms with Gasteiger partial charge in [-0.25, -0.2) is 8.78 Å². The lowest BCUT2D eigenvalue weighted by molar-refractivity contribution is 0.500. The number of halogens is 4. The molecule has 18 heavy (non-hydrogen) atoms. The van der Waals surface area contributed by atoms with E-state index in [-0.39, 0.29) is 6.54 Å². The van der Waals surface area contributed by atoms with Crippen LogP contribution >= 0.6 is 31.9 Å². The molecule has 2 aromatic carbocycles. The minimum atomic E-state index is -0.829. The molecular formula is C13H9Br2F2N. The molecule has 0 spiro atoms. The lowest BCUT2D eigenvalue weighted by Crippen LogP contribution is -2.03. The number of hydrogen-bond acceptors (Lipinski definition) is 1. The predicted molar refractivity (Wildman–Crippen MR) is 75.5 cm³/mol. The van der Waals surface area contributed by atoms with Crippen LogP contribution in [-0.2, 0) is 6.54 Å². The monoisotopic (exact) mass is 375 g/mol. The quantitative estimate of drug-likeness (QED) is 0.785. The Labute approximate surface area is 120 Å². The number of nitrogens with one attached hydrogen (secondary N) is 1. The van der Waals surface area contributed by atoms with Crippen molar-refractivity contribution < 1.29 is 8.78 Å². The minimum Gasteiger partial charge on any atom is -0.380 e. The fourth-order valence-electron chi connectivity index (χ4n) is 1.51. The minimum absolute atomic E-state index is 0.226.